The number of methoxy groups -OCH3 is 1. The monoisotopic (exact) mass is 476 g/mol. The van der Waals surface area contributed by atoms with Gasteiger partial charge in [-0.1, -0.05) is 30.3 Å². The fourth-order valence-corrected chi connectivity index (χ4v) is 4.28. The first kappa shape index (κ1) is 24.3. The first-order chi connectivity index (χ1) is 17.1. The van der Waals surface area contributed by atoms with Gasteiger partial charge in [0.25, 0.3) is 0 Å². The Morgan fingerprint density at radius 2 is 1.63 bits per heavy atom. The first-order valence-corrected chi connectivity index (χ1v) is 11.9. The Bertz CT molecular complexity index is 1060. The van der Waals surface area contributed by atoms with E-state index in [2.05, 4.69) is 32.6 Å². The Hall–Kier alpha value is -3.78. The molecule has 8 nitrogen and oxygen atoms in total. The van der Waals surface area contributed by atoms with E-state index in [1.807, 2.05) is 54.6 Å². The van der Waals surface area contributed by atoms with Gasteiger partial charge in [0, 0.05) is 45.0 Å². The summed E-state index contributed by atoms with van der Waals surface area (Å²) in [5.41, 5.74) is 2.26. The molecular weight excluding hydrogens is 444 g/mol. The highest BCUT2D eigenvalue weighted by atomic mass is 16.5. The Labute approximate surface area is 205 Å². The number of benzene rings is 2. The van der Waals surface area contributed by atoms with Crippen LogP contribution in [0.3, 0.4) is 0 Å². The maximum atomic E-state index is 12.5. The van der Waals surface area contributed by atoms with Crippen molar-refractivity contribution in [2.75, 3.05) is 51.3 Å². The van der Waals surface area contributed by atoms with Crippen molar-refractivity contribution in [3.8, 4) is 5.75 Å². The van der Waals surface area contributed by atoms with Gasteiger partial charge in [-0.3, -0.25) is 14.5 Å². The number of hydrogen-bond donors (Lipinski definition) is 2. The van der Waals surface area contributed by atoms with Crippen LogP contribution in [0, 0.1) is 0 Å². The van der Waals surface area contributed by atoms with Gasteiger partial charge in [0.1, 0.15) is 11.5 Å². The lowest BCUT2D eigenvalue weighted by Gasteiger charge is -2.39. The highest BCUT2D eigenvalue weighted by Crippen LogP contribution is 2.24. The molecule has 1 fully saturated rings. The van der Waals surface area contributed by atoms with Crippen molar-refractivity contribution in [1.29, 1.82) is 0 Å². The van der Waals surface area contributed by atoms with E-state index in [4.69, 9.17) is 9.15 Å². The zero-order chi connectivity index (χ0) is 24.5. The molecule has 0 radical (unpaired) electrons. The average Bonchev–Trinajstić information content (AvgIpc) is 3.44. The van der Waals surface area contributed by atoms with Gasteiger partial charge in [-0.25, -0.2) is 0 Å². The summed E-state index contributed by atoms with van der Waals surface area (Å²) in [4.78, 5) is 29.4. The van der Waals surface area contributed by atoms with Crippen LogP contribution >= 0.6 is 0 Å². The minimum atomic E-state index is -0.640. The summed E-state index contributed by atoms with van der Waals surface area (Å²) in [5.74, 6) is 0.285. The van der Waals surface area contributed by atoms with Gasteiger partial charge in [-0.15, -0.1) is 0 Å². The minimum absolute atomic E-state index is 0.140. The van der Waals surface area contributed by atoms with E-state index < -0.39 is 11.8 Å². The molecule has 0 unspecified atom stereocenters. The van der Waals surface area contributed by atoms with E-state index in [0.29, 0.717) is 19.5 Å². The quantitative estimate of drug-likeness (QED) is 0.462. The number of furan rings is 1. The molecule has 2 heterocycles. The Morgan fingerprint density at radius 3 is 2.29 bits per heavy atom. The summed E-state index contributed by atoms with van der Waals surface area (Å²) in [7, 11) is 1.62. The lowest BCUT2D eigenvalue weighted by molar-refractivity contribution is -0.139. The third kappa shape index (κ3) is 6.64. The number of rotatable bonds is 9. The molecule has 4 rings (SSSR count). The predicted octanol–water partition coefficient (Wildman–Crippen LogP) is 2.63. The fourth-order valence-electron chi connectivity index (χ4n) is 4.28. The molecule has 1 saturated heterocycles. The molecular formula is C27H32N4O4. The zero-order valence-electron chi connectivity index (χ0n) is 20.0. The van der Waals surface area contributed by atoms with Crippen molar-refractivity contribution in [3.05, 3.63) is 84.3 Å². The molecule has 0 bridgehead atoms. The number of nitrogens with zero attached hydrogens (tertiary/aromatic N) is 2. The van der Waals surface area contributed by atoms with Crippen molar-refractivity contribution in [2.24, 2.45) is 0 Å². The molecule has 1 aromatic heterocycles. The van der Waals surface area contributed by atoms with Gasteiger partial charge in [0.2, 0.25) is 0 Å². The molecule has 0 saturated carbocycles. The number of para-hydroxylation sites is 1. The smallest absolute Gasteiger partial charge is 0.309 e. The SMILES string of the molecule is COc1ccc(CCNC(=O)C(=O)NC[C@@H](c2ccco2)N2CCN(c3ccccc3)CC2)cc1. The van der Waals surface area contributed by atoms with E-state index >= 15 is 0 Å². The number of hydrogen-bond acceptors (Lipinski definition) is 6. The molecule has 0 spiro atoms. The lowest BCUT2D eigenvalue weighted by atomic mass is 10.1. The van der Waals surface area contributed by atoms with Gasteiger partial charge in [-0.05, 0) is 48.4 Å². The third-order valence-electron chi connectivity index (χ3n) is 6.27. The van der Waals surface area contributed by atoms with Gasteiger partial charge in [-0.2, -0.15) is 0 Å². The average molecular weight is 477 g/mol. The summed E-state index contributed by atoms with van der Waals surface area (Å²) >= 11 is 0. The second-order valence-electron chi connectivity index (χ2n) is 8.45. The van der Waals surface area contributed by atoms with Crippen LogP contribution in [0.15, 0.2) is 77.4 Å². The number of nitrogens with one attached hydrogen (secondary N) is 2. The molecule has 3 aromatic rings. The third-order valence-corrected chi connectivity index (χ3v) is 6.27. The molecule has 2 aromatic carbocycles. The van der Waals surface area contributed by atoms with E-state index in [1.165, 1.54) is 5.69 Å². The van der Waals surface area contributed by atoms with Gasteiger partial charge in [0.05, 0.1) is 19.4 Å². The molecule has 184 valence electrons. The van der Waals surface area contributed by atoms with Crippen LogP contribution in [0.25, 0.3) is 0 Å². The number of carbonyl (C=O) groups is 2. The Kier molecular flexibility index (Phi) is 8.40. The number of amides is 2. The maximum absolute atomic E-state index is 12.5. The van der Waals surface area contributed by atoms with Crippen LogP contribution in [-0.2, 0) is 16.0 Å². The molecule has 1 atom stereocenters. The summed E-state index contributed by atoms with van der Waals surface area (Å²) in [5, 5.41) is 5.49. The van der Waals surface area contributed by atoms with E-state index in [9.17, 15) is 9.59 Å². The summed E-state index contributed by atoms with van der Waals surface area (Å²) in [6, 6.07) is 21.6. The van der Waals surface area contributed by atoms with Crippen molar-refractivity contribution in [2.45, 2.75) is 12.5 Å². The van der Waals surface area contributed by atoms with Gasteiger partial charge >= 0.3 is 11.8 Å². The zero-order valence-corrected chi connectivity index (χ0v) is 20.0. The summed E-state index contributed by atoms with van der Waals surface area (Å²) in [6.07, 6.45) is 2.26. The van der Waals surface area contributed by atoms with E-state index in [1.54, 1.807) is 13.4 Å². The Morgan fingerprint density at radius 1 is 0.914 bits per heavy atom. The largest absolute Gasteiger partial charge is 0.497 e. The number of carbonyl (C=O) groups excluding carboxylic acids is 2. The molecule has 1 aliphatic rings. The number of piperazine rings is 1. The fraction of sp³-hybridized carbons (Fsp3) is 0.333. The Balaban J connectivity index is 1.26. The molecule has 1 aliphatic heterocycles. The molecule has 8 heteroatoms. The molecule has 0 aliphatic carbocycles. The molecule has 35 heavy (non-hydrogen) atoms. The van der Waals surface area contributed by atoms with Crippen LogP contribution < -0.4 is 20.3 Å². The summed E-state index contributed by atoms with van der Waals surface area (Å²) < 4.78 is 10.8. The highest BCUT2D eigenvalue weighted by molar-refractivity contribution is 6.35. The number of ether oxygens (including phenoxy) is 1. The van der Waals surface area contributed by atoms with Crippen LogP contribution in [0.1, 0.15) is 17.4 Å². The van der Waals surface area contributed by atoms with Gasteiger partial charge < -0.3 is 24.7 Å². The summed E-state index contributed by atoms with van der Waals surface area (Å²) in [6.45, 7) is 4.07. The van der Waals surface area contributed by atoms with E-state index in [-0.39, 0.29) is 6.04 Å². The van der Waals surface area contributed by atoms with Crippen molar-refractivity contribution in [1.82, 2.24) is 15.5 Å². The van der Waals surface area contributed by atoms with Gasteiger partial charge in [0.15, 0.2) is 0 Å². The second kappa shape index (κ2) is 12.1. The second-order valence-corrected chi connectivity index (χ2v) is 8.45. The normalized spacial score (nSPS) is 14.8. The van der Waals surface area contributed by atoms with Crippen LogP contribution in [0.2, 0.25) is 0 Å². The first-order valence-electron chi connectivity index (χ1n) is 11.9. The maximum Gasteiger partial charge on any atom is 0.309 e. The minimum Gasteiger partial charge on any atom is -0.497 e. The van der Waals surface area contributed by atoms with E-state index in [0.717, 1.165) is 43.3 Å². The van der Waals surface area contributed by atoms with Crippen LogP contribution in [-0.4, -0.2) is 63.1 Å². The molecule has 2 amide bonds. The van der Waals surface area contributed by atoms with Crippen LogP contribution in [0.5, 0.6) is 5.75 Å². The predicted molar refractivity (Wildman–Crippen MR) is 134 cm³/mol. The van der Waals surface area contributed by atoms with Crippen molar-refractivity contribution >= 4 is 17.5 Å². The topological polar surface area (TPSA) is 87.0 Å². The van der Waals surface area contributed by atoms with Crippen molar-refractivity contribution in [3.63, 3.8) is 0 Å². The lowest BCUT2D eigenvalue weighted by Crippen LogP contribution is -2.50. The number of anilines is 1. The van der Waals surface area contributed by atoms with Crippen LogP contribution in [0.4, 0.5) is 5.69 Å². The van der Waals surface area contributed by atoms with Crippen molar-refractivity contribution < 1.29 is 18.7 Å². The molecule has 2 N–H and O–H groups in total. The highest BCUT2D eigenvalue weighted by Gasteiger charge is 2.28. The standard InChI is InChI=1S/C27H32N4O4/c1-34-23-11-9-21(10-12-23)13-14-28-26(32)27(33)29-20-24(25-8-5-19-35-25)31-17-15-30(16-18-31)22-6-3-2-4-7-22/h2-12,19,24H,13-18,20H2,1H3,(H,28,32)(H,29,33)/t24-/m0/s1.